The van der Waals surface area contributed by atoms with Crippen LogP contribution in [0.3, 0.4) is 0 Å². The molecule has 0 saturated heterocycles. The quantitative estimate of drug-likeness (QED) is 0.375. The summed E-state index contributed by atoms with van der Waals surface area (Å²) >= 11 is 0. The van der Waals surface area contributed by atoms with Crippen molar-refractivity contribution >= 4 is 28.5 Å². The summed E-state index contributed by atoms with van der Waals surface area (Å²) < 4.78 is 13.1. The molecule has 0 radical (unpaired) electrons. The van der Waals surface area contributed by atoms with Gasteiger partial charge in [0.05, 0.1) is 0 Å². The van der Waals surface area contributed by atoms with Gasteiger partial charge in [0.2, 0.25) is 0 Å². The SMILES string of the molecule is C1=CC2(Oc3ccccc31)Oc1ccc3ccccc3c1C=C2c1ccccc1. The van der Waals surface area contributed by atoms with Crippen molar-refractivity contribution in [1.29, 1.82) is 0 Å². The zero-order chi connectivity index (χ0) is 19.3. The normalized spacial score (nSPS) is 19.1. The molecule has 0 bridgehead atoms. The predicted octanol–water partition coefficient (Wildman–Crippen LogP) is 6.57. The second kappa shape index (κ2) is 6.11. The zero-order valence-corrected chi connectivity index (χ0v) is 15.7. The maximum absolute atomic E-state index is 6.62. The molecule has 2 aliphatic heterocycles. The van der Waals surface area contributed by atoms with E-state index in [0.29, 0.717) is 0 Å². The van der Waals surface area contributed by atoms with Gasteiger partial charge in [-0.05, 0) is 40.6 Å². The standard InChI is InChI=1S/C27H18O2/c1-2-9-20(10-3-1)24-18-23-22-12-6-4-8-19(22)14-15-26(23)29-27(24)17-16-21-11-5-7-13-25(21)28-27/h1-18H. The summed E-state index contributed by atoms with van der Waals surface area (Å²) in [4.78, 5) is 0. The van der Waals surface area contributed by atoms with Crippen molar-refractivity contribution in [1.82, 2.24) is 0 Å². The number of hydrogen-bond acceptors (Lipinski definition) is 2. The highest BCUT2D eigenvalue weighted by Crippen LogP contribution is 2.47. The fourth-order valence-electron chi connectivity index (χ4n) is 4.19. The summed E-state index contributed by atoms with van der Waals surface area (Å²) in [6, 6.07) is 30.9. The van der Waals surface area contributed by atoms with E-state index < -0.39 is 5.79 Å². The first kappa shape index (κ1) is 16.2. The van der Waals surface area contributed by atoms with Crippen LogP contribution in [0.5, 0.6) is 11.5 Å². The third kappa shape index (κ3) is 2.50. The van der Waals surface area contributed by atoms with Crippen LogP contribution >= 0.6 is 0 Å². The van der Waals surface area contributed by atoms with Crippen molar-refractivity contribution in [2.75, 3.05) is 0 Å². The summed E-state index contributed by atoms with van der Waals surface area (Å²) in [6.45, 7) is 0. The Morgan fingerprint density at radius 3 is 2.31 bits per heavy atom. The molecule has 4 aromatic carbocycles. The van der Waals surface area contributed by atoms with Crippen LogP contribution in [0.4, 0.5) is 0 Å². The van der Waals surface area contributed by atoms with Crippen LogP contribution in [-0.4, -0.2) is 5.79 Å². The van der Waals surface area contributed by atoms with E-state index >= 15 is 0 Å². The van der Waals surface area contributed by atoms with E-state index in [-0.39, 0.29) is 0 Å². The van der Waals surface area contributed by atoms with Crippen molar-refractivity contribution in [2.45, 2.75) is 5.79 Å². The molecule has 0 amide bonds. The molecular formula is C27H18O2. The molecule has 2 heteroatoms. The zero-order valence-electron chi connectivity index (χ0n) is 15.7. The Morgan fingerprint density at radius 2 is 1.38 bits per heavy atom. The molecule has 0 N–H and O–H groups in total. The number of ether oxygens (including phenoxy) is 2. The highest BCUT2D eigenvalue weighted by Gasteiger charge is 2.43. The lowest BCUT2D eigenvalue weighted by Crippen LogP contribution is -2.44. The summed E-state index contributed by atoms with van der Waals surface area (Å²) in [5.41, 5.74) is 4.21. The Bertz CT molecular complexity index is 1300. The van der Waals surface area contributed by atoms with E-state index in [9.17, 15) is 0 Å². The predicted molar refractivity (Wildman–Crippen MR) is 118 cm³/mol. The van der Waals surface area contributed by atoms with Gasteiger partial charge < -0.3 is 9.47 Å². The molecular weight excluding hydrogens is 356 g/mol. The number of para-hydroxylation sites is 1. The molecule has 6 rings (SSSR count). The Hall–Kier alpha value is -3.78. The third-order valence-corrected chi connectivity index (χ3v) is 5.60. The van der Waals surface area contributed by atoms with Crippen molar-refractivity contribution in [3.63, 3.8) is 0 Å². The number of fused-ring (bicyclic) bond motifs is 4. The topological polar surface area (TPSA) is 18.5 Å². The number of benzene rings is 4. The van der Waals surface area contributed by atoms with Crippen LogP contribution in [0, 0.1) is 0 Å². The van der Waals surface area contributed by atoms with Crippen LogP contribution in [0.2, 0.25) is 0 Å². The molecule has 2 heterocycles. The third-order valence-electron chi connectivity index (χ3n) is 5.60. The van der Waals surface area contributed by atoms with Gasteiger partial charge in [0.25, 0.3) is 5.79 Å². The maximum Gasteiger partial charge on any atom is 0.299 e. The van der Waals surface area contributed by atoms with E-state index in [1.54, 1.807) is 0 Å². The first-order chi connectivity index (χ1) is 14.3. The summed E-state index contributed by atoms with van der Waals surface area (Å²) in [6.07, 6.45) is 6.32. The number of rotatable bonds is 1. The van der Waals surface area contributed by atoms with E-state index in [4.69, 9.17) is 9.47 Å². The van der Waals surface area contributed by atoms with E-state index in [1.807, 2.05) is 48.5 Å². The van der Waals surface area contributed by atoms with Gasteiger partial charge in [0.15, 0.2) is 0 Å². The Balaban J connectivity index is 1.61. The van der Waals surface area contributed by atoms with Crippen LogP contribution in [0.25, 0.3) is 28.5 Å². The van der Waals surface area contributed by atoms with Crippen molar-refractivity contribution in [3.05, 3.63) is 114 Å². The molecule has 2 nitrogen and oxygen atoms in total. The molecule has 0 saturated carbocycles. The Morgan fingerprint density at radius 1 is 0.621 bits per heavy atom. The van der Waals surface area contributed by atoms with E-state index in [0.717, 1.165) is 33.8 Å². The highest BCUT2D eigenvalue weighted by atomic mass is 16.7. The lowest BCUT2D eigenvalue weighted by atomic mass is 9.88. The second-order valence-corrected chi connectivity index (χ2v) is 7.37. The molecule has 0 aromatic heterocycles. The smallest absolute Gasteiger partial charge is 0.299 e. The van der Waals surface area contributed by atoms with Gasteiger partial charge in [-0.2, -0.15) is 0 Å². The monoisotopic (exact) mass is 374 g/mol. The van der Waals surface area contributed by atoms with E-state index in [2.05, 4.69) is 60.7 Å². The van der Waals surface area contributed by atoms with Gasteiger partial charge in [0, 0.05) is 22.8 Å². The fourth-order valence-corrected chi connectivity index (χ4v) is 4.19. The molecule has 138 valence electrons. The second-order valence-electron chi connectivity index (χ2n) is 7.37. The number of hydrogen-bond donors (Lipinski definition) is 0. The molecule has 1 spiro atoms. The minimum atomic E-state index is -0.995. The average molecular weight is 374 g/mol. The largest absolute Gasteiger partial charge is 0.444 e. The minimum absolute atomic E-state index is 0.820. The van der Waals surface area contributed by atoms with Gasteiger partial charge >= 0.3 is 0 Å². The van der Waals surface area contributed by atoms with Crippen LogP contribution in [0.15, 0.2) is 97.1 Å². The maximum atomic E-state index is 6.62. The molecule has 1 atom stereocenters. The summed E-state index contributed by atoms with van der Waals surface area (Å²) in [5.74, 6) is 0.652. The summed E-state index contributed by atoms with van der Waals surface area (Å²) in [7, 11) is 0. The lowest BCUT2D eigenvalue weighted by Gasteiger charge is -2.40. The molecule has 2 aliphatic rings. The van der Waals surface area contributed by atoms with Crippen LogP contribution < -0.4 is 9.47 Å². The average Bonchev–Trinajstić information content (AvgIpc) is 2.79. The van der Waals surface area contributed by atoms with Gasteiger partial charge in [-0.3, -0.25) is 0 Å². The van der Waals surface area contributed by atoms with Gasteiger partial charge in [0.1, 0.15) is 11.5 Å². The molecule has 4 aromatic rings. The molecule has 0 aliphatic carbocycles. The van der Waals surface area contributed by atoms with Gasteiger partial charge in [-0.15, -0.1) is 0 Å². The van der Waals surface area contributed by atoms with Gasteiger partial charge in [-0.1, -0.05) is 78.9 Å². The first-order valence-electron chi connectivity index (χ1n) is 9.78. The van der Waals surface area contributed by atoms with Crippen molar-refractivity contribution < 1.29 is 9.47 Å². The van der Waals surface area contributed by atoms with Crippen molar-refractivity contribution in [2.24, 2.45) is 0 Å². The Kier molecular flexibility index (Phi) is 3.41. The lowest BCUT2D eigenvalue weighted by molar-refractivity contribution is -0.0210. The molecule has 29 heavy (non-hydrogen) atoms. The summed E-state index contributed by atoms with van der Waals surface area (Å²) in [5, 5.41) is 2.37. The molecule has 1 unspecified atom stereocenters. The fraction of sp³-hybridized carbons (Fsp3) is 0.0370. The first-order valence-corrected chi connectivity index (χ1v) is 9.78. The van der Waals surface area contributed by atoms with Crippen LogP contribution in [-0.2, 0) is 0 Å². The Labute approximate surface area is 169 Å². The molecule has 0 fully saturated rings. The minimum Gasteiger partial charge on any atom is -0.444 e. The van der Waals surface area contributed by atoms with E-state index in [1.165, 1.54) is 10.8 Å². The van der Waals surface area contributed by atoms with Crippen molar-refractivity contribution in [3.8, 4) is 11.5 Å². The van der Waals surface area contributed by atoms with Crippen LogP contribution in [0.1, 0.15) is 16.7 Å². The van der Waals surface area contributed by atoms with Gasteiger partial charge in [-0.25, -0.2) is 0 Å². The highest BCUT2D eigenvalue weighted by molar-refractivity contribution is 6.01.